The van der Waals surface area contributed by atoms with Crippen LogP contribution < -0.4 is 10.6 Å². The van der Waals surface area contributed by atoms with Crippen molar-refractivity contribution in [2.24, 2.45) is 0 Å². The highest BCUT2D eigenvalue weighted by Gasteiger charge is 2.07. The molecule has 25 heavy (non-hydrogen) atoms. The Labute approximate surface area is 150 Å². The average molecular weight is 343 g/mol. The highest BCUT2D eigenvalue weighted by atomic mass is 16.2. The molecule has 0 unspecified atom stereocenters. The van der Waals surface area contributed by atoms with Gasteiger partial charge in [-0.15, -0.1) is 0 Å². The van der Waals surface area contributed by atoms with E-state index in [4.69, 9.17) is 0 Å². The lowest BCUT2D eigenvalue weighted by molar-refractivity contribution is -0.128. The van der Waals surface area contributed by atoms with Crippen LogP contribution in [-0.4, -0.2) is 43.9 Å². The number of anilines is 1. The molecule has 136 valence electrons. The molecule has 2 amide bonds. The summed E-state index contributed by atoms with van der Waals surface area (Å²) >= 11 is 0. The molecule has 0 aliphatic heterocycles. The molecule has 5 heteroatoms. The van der Waals surface area contributed by atoms with Gasteiger partial charge in [0.25, 0.3) is 0 Å². The van der Waals surface area contributed by atoms with Gasteiger partial charge in [-0.25, -0.2) is 0 Å². The van der Waals surface area contributed by atoms with E-state index in [9.17, 15) is 9.59 Å². The first-order valence-corrected chi connectivity index (χ1v) is 9.02. The Bertz CT molecular complexity index is 606. The number of hydrogen-bond donors (Lipinski definition) is 2. The van der Waals surface area contributed by atoms with Crippen molar-refractivity contribution < 1.29 is 9.59 Å². The minimum absolute atomic E-state index is 0.00303. The molecule has 0 fully saturated rings. The lowest BCUT2D eigenvalue weighted by Crippen LogP contribution is -2.30. The lowest BCUT2D eigenvalue weighted by Gasteiger charge is -2.13. The van der Waals surface area contributed by atoms with Crippen LogP contribution in [0.4, 0.5) is 5.69 Å². The summed E-state index contributed by atoms with van der Waals surface area (Å²) in [6.45, 7) is 0.965. The van der Waals surface area contributed by atoms with Crippen LogP contribution in [0.2, 0.25) is 0 Å². The smallest absolute Gasteiger partial charge is 0.239 e. The topological polar surface area (TPSA) is 61.4 Å². The highest BCUT2D eigenvalue weighted by molar-refractivity contribution is 5.81. The molecule has 0 aromatic heterocycles. The number of nitrogens with zero attached hydrogens (tertiary/aromatic N) is 1. The molecule has 0 atom stereocenters. The van der Waals surface area contributed by atoms with E-state index in [-0.39, 0.29) is 18.4 Å². The van der Waals surface area contributed by atoms with Gasteiger partial charge in [0.2, 0.25) is 11.8 Å². The first-order valence-electron chi connectivity index (χ1n) is 9.02. The van der Waals surface area contributed by atoms with Crippen LogP contribution in [-0.2, 0) is 16.0 Å². The summed E-state index contributed by atoms with van der Waals surface area (Å²) in [4.78, 5) is 25.2. The largest absolute Gasteiger partial charge is 0.376 e. The molecule has 5 nitrogen and oxygen atoms in total. The van der Waals surface area contributed by atoms with Crippen molar-refractivity contribution in [3.8, 4) is 0 Å². The van der Waals surface area contributed by atoms with E-state index in [1.165, 1.54) is 31.3 Å². The molecular weight excluding hydrogens is 314 g/mol. The molecule has 1 aliphatic carbocycles. The van der Waals surface area contributed by atoms with E-state index < -0.39 is 0 Å². The lowest BCUT2D eigenvalue weighted by atomic mass is 9.97. The maximum Gasteiger partial charge on any atom is 0.239 e. The van der Waals surface area contributed by atoms with Crippen LogP contribution in [0.1, 0.15) is 37.7 Å². The molecule has 0 saturated carbocycles. The summed E-state index contributed by atoms with van der Waals surface area (Å²) in [6, 6.07) is 7.63. The summed E-state index contributed by atoms with van der Waals surface area (Å²) < 4.78 is 0. The Morgan fingerprint density at radius 1 is 1.12 bits per heavy atom. The number of nitrogens with one attached hydrogen (secondary N) is 2. The number of carbonyl (C=O) groups excluding carboxylic acids is 2. The molecule has 2 rings (SSSR count). The van der Waals surface area contributed by atoms with Crippen LogP contribution in [0, 0.1) is 0 Å². The average Bonchev–Trinajstić information content (AvgIpc) is 2.62. The summed E-state index contributed by atoms with van der Waals surface area (Å²) in [7, 11) is 3.50. The third kappa shape index (κ3) is 6.99. The maximum absolute atomic E-state index is 11.9. The van der Waals surface area contributed by atoms with E-state index >= 15 is 0 Å². The van der Waals surface area contributed by atoms with Crippen LogP contribution in [0.25, 0.3) is 0 Å². The summed E-state index contributed by atoms with van der Waals surface area (Å²) in [6.07, 6.45) is 8.59. The number of hydrogen-bond acceptors (Lipinski definition) is 3. The number of rotatable bonds is 8. The van der Waals surface area contributed by atoms with Crippen molar-refractivity contribution >= 4 is 17.5 Å². The molecule has 1 aliphatic rings. The molecular formula is C20H29N3O2. The molecule has 0 spiro atoms. The molecule has 0 saturated heterocycles. The van der Waals surface area contributed by atoms with Gasteiger partial charge in [0.05, 0.1) is 13.0 Å². The van der Waals surface area contributed by atoms with Gasteiger partial charge in [0, 0.05) is 26.3 Å². The van der Waals surface area contributed by atoms with Gasteiger partial charge in [0.15, 0.2) is 0 Å². The van der Waals surface area contributed by atoms with Gasteiger partial charge in [-0.3, -0.25) is 9.59 Å². The van der Waals surface area contributed by atoms with E-state index in [0.717, 1.165) is 17.7 Å². The van der Waals surface area contributed by atoms with Crippen molar-refractivity contribution in [1.82, 2.24) is 10.2 Å². The standard InChI is InChI=1S/C20H29N3O2/c1-23(2)20(25)14-17-8-10-18(11-9-17)22-15-19(24)21-13-12-16-6-4-3-5-7-16/h6,8-11,22H,3-5,7,12-15H2,1-2H3,(H,21,24). The van der Waals surface area contributed by atoms with Crippen molar-refractivity contribution in [2.75, 3.05) is 32.5 Å². The molecule has 0 heterocycles. The summed E-state index contributed by atoms with van der Waals surface area (Å²) in [5, 5.41) is 6.07. The second kappa shape index (κ2) is 9.87. The fourth-order valence-corrected chi connectivity index (χ4v) is 2.81. The SMILES string of the molecule is CN(C)C(=O)Cc1ccc(NCC(=O)NCCC2=CCCCC2)cc1. The fourth-order valence-electron chi connectivity index (χ4n) is 2.81. The quantitative estimate of drug-likeness (QED) is 0.714. The van der Waals surface area contributed by atoms with E-state index in [1.807, 2.05) is 24.3 Å². The minimum Gasteiger partial charge on any atom is -0.376 e. The second-order valence-electron chi connectivity index (χ2n) is 6.72. The fraction of sp³-hybridized carbons (Fsp3) is 0.500. The third-order valence-electron chi connectivity index (χ3n) is 4.41. The maximum atomic E-state index is 11.9. The van der Waals surface area contributed by atoms with Gasteiger partial charge in [-0.2, -0.15) is 0 Å². The van der Waals surface area contributed by atoms with Gasteiger partial charge in [0.1, 0.15) is 0 Å². The third-order valence-corrected chi connectivity index (χ3v) is 4.41. The van der Waals surface area contributed by atoms with Gasteiger partial charge >= 0.3 is 0 Å². The van der Waals surface area contributed by atoms with Crippen LogP contribution >= 0.6 is 0 Å². The Morgan fingerprint density at radius 3 is 2.52 bits per heavy atom. The van der Waals surface area contributed by atoms with Crippen LogP contribution in [0.5, 0.6) is 0 Å². The highest BCUT2D eigenvalue weighted by Crippen LogP contribution is 2.19. The zero-order chi connectivity index (χ0) is 18.1. The zero-order valence-electron chi connectivity index (χ0n) is 15.3. The number of likely N-dealkylation sites (N-methyl/N-ethyl adjacent to an activating group) is 1. The minimum atomic E-state index is 0.00303. The first-order chi connectivity index (χ1) is 12.0. The van der Waals surface area contributed by atoms with Crippen LogP contribution in [0.15, 0.2) is 35.9 Å². The van der Waals surface area contributed by atoms with Crippen molar-refractivity contribution in [2.45, 2.75) is 38.5 Å². The van der Waals surface area contributed by atoms with Gasteiger partial charge < -0.3 is 15.5 Å². The summed E-state index contributed by atoms with van der Waals surface area (Å²) in [5.74, 6) is 0.0800. The van der Waals surface area contributed by atoms with E-state index in [1.54, 1.807) is 19.0 Å². The molecule has 1 aromatic rings. The Hall–Kier alpha value is -2.30. The van der Waals surface area contributed by atoms with Crippen molar-refractivity contribution in [3.05, 3.63) is 41.5 Å². The van der Waals surface area contributed by atoms with Crippen molar-refractivity contribution in [1.29, 1.82) is 0 Å². The van der Waals surface area contributed by atoms with Crippen LogP contribution in [0.3, 0.4) is 0 Å². The van der Waals surface area contributed by atoms with E-state index in [2.05, 4.69) is 16.7 Å². The monoisotopic (exact) mass is 343 g/mol. The number of allylic oxidation sites excluding steroid dienone is 1. The van der Waals surface area contributed by atoms with Gasteiger partial charge in [-0.1, -0.05) is 23.8 Å². The number of carbonyl (C=O) groups is 2. The number of benzene rings is 1. The summed E-state index contributed by atoms with van der Waals surface area (Å²) in [5.41, 5.74) is 3.32. The Balaban J connectivity index is 1.67. The van der Waals surface area contributed by atoms with Crippen molar-refractivity contribution in [3.63, 3.8) is 0 Å². The number of amides is 2. The molecule has 0 bridgehead atoms. The molecule has 2 N–H and O–H groups in total. The molecule has 1 aromatic carbocycles. The van der Waals surface area contributed by atoms with E-state index in [0.29, 0.717) is 13.0 Å². The predicted octanol–water partition coefficient (Wildman–Crippen LogP) is 2.74. The Kier molecular flexibility index (Phi) is 7.51. The Morgan fingerprint density at radius 2 is 1.88 bits per heavy atom. The predicted molar refractivity (Wildman–Crippen MR) is 102 cm³/mol. The molecule has 0 radical (unpaired) electrons. The first kappa shape index (κ1) is 19.0. The van der Waals surface area contributed by atoms with Gasteiger partial charge in [-0.05, 0) is 49.8 Å². The zero-order valence-corrected chi connectivity index (χ0v) is 15.3. The normalized spacial score (nSPS) is 13.8. The second-order valence-corrected chi connectivity index (χ2v) is 6.72.